The van der Waals surface area contributed by atoms with Crippen molar-refractivity contribution in [2.75, 3.05) is 0 Å². The highest BCUT2D eigenvalue weighted by molar-refractivity contribution is 8.00. The van der Waals surface area contributed by atoms with Gasteiger partial charge >= 0.3 is 5.51 Å². The maximum Gasteiger partial charge on any atom is 0.446 e. The van der Waals surface area contributed by atoms with E-state index in [0.29, 0.717) is 6.42 Å². The molecule has 0 saturated heterocycles. The minimum atomic E-state index is -4.25. The standard InChI is InChI=1S/C11H8F3NS/c12-11(13,14)16-10-6-4-9(5-7-10)3-1-2-8-15/h1,3-7H,2H2. The van der Waals surface area contributed by atoms with Crippen LogP contribution in [0.4, 0.5) is 13.2 Å². The Bertz CT molecular complexity index is 401. The van der Waals surface area contributed by atoms with Crippen LogP contribution in [0.25, 0.3) is 6.08 Å². The summed E-state index contributed by atoms with van der Waals surface area (Å²) in [6.07, 6.45) is 3.65. The normalized spacial score (nSPS) is 11.6. The van der Waals surface area contributed by atoms with Gasteiger partial charge < -0.3 is 0 Å². The van der Waals surface area contributed by atoms with Crippen LogP contribution in [0.2, 0.25) is 0 Å². The van der Waals surface area contributed by atoms with Crippen molar-refractivity contribution in [1.29, 1.82) is 5.26 Å². The van der Waals surface area contributed by atoms with Crippen molar-refractivity contribution in [2.45, 2.75) is 16.8 Å². The lowest BCUT2D eigenvalue weighted by Crippen LogP contribution is -1.98. The third-order valence-electron chi connectivity index (χ3n) is 1.63. The molecular weight excluding hydrogens is 235 g/mol. The van der Waals surface area contributed by atoms with E-state index in [0.717, 1.165) is 5.56 Å². The van der Waals surface area contributed by atoms with Crippen LogP contribution in [0.3, 0.4) is 0 Å². The fourth-order valence-electron chi connectivity index (χ4n) is 1.03. The minimum absolute atomic E-state index is 0.139. The second kappa shape index (κ2) is 5.61. The zero-order chi connectivity index (χ0) is 12.0. The van der Waals surface area contributed by atoms with E-state index < -0.39 is 5.51 Å². The number of nitriles is 1. The number of halogens is 3. The van der Waals surface area contributed by atoms with Gasteiger partial charge in [0, 0.05) is 4.90 Å². The van der Waals surface area contributed by atoms with Gasteiger partial charge in [-0.25, -0.2) is 0 Å². The van der Waals surface area contributed by atoms with Crippen LogP contribution in [0, 0.1) is 11.3 Å². The number of rotatable bonds is 3. The summed E-state index contributed by atoms with van der Waals surface area (Å²) in [5.41, 5.74) is -3.47. The molecule has 1 aromatic rings. The van der Waals surface area contributed by atoms with Crippen molar-refractivity contribution in [2.24, 2.45) is 0 Å². The Morgan fingerprint density at radius 2 is 1.88 bits per heavy atom. The number of thioether (sulfide) groups is 1. The van der Waals surface area contributed by atoms with E-state index in [1.54, 1.807) is 24.3 Å². The number of alkyl halides is 3. The second-order valence-corrected chi connectivity index (χ2v) is 4.02. The quantitative estimate of drug-likeness (QED) is 0.742. The lowest BCUT2D eigenvalue weighted by Gasteiger charge is -2.05. The first-order chi connectivity index (χ1) is 7.51. The summed E-state index contributed by atoms with van der Waals surface area (Å²) in [6, 6.07) is 7.93. The summed E-state index contributed by atoms with van der Waals surface area (Å²) in [4.78, 5) is 0.157. The molecule has 0 N–H and O–H groups in total. The van der Waals surface area contributed by atoms with E-state index in [4.69, 9.17) is 5.26 Å². The Morgan fingerprint density at radius 1 is 1.25 bits per heavy atom. The van der Waals surface area contributed by atoms with Crippen LogP contribution in [0.15, 0.2) is 35.2 Å². The first-order valence-corrected chi connectivity index (χ1v) is 5.22. The predicted molar refractivity (Wildman–Crippen MR) is 57.6 cm³/mol. The summed E-state index contributed by atoms with van der Waals surface area (Å²) in [5.74, 6) is 0. The molecule has 1 nitrogen and oxygen atoms in total. The van der Waals surface area contributed by atoms with Crippen LogP contribution in [-0.4, -0.2) is 5.51 Å². The Labute approximate surface area is 95.6 Å². The van der Waals surface area contributed by atoms with Crippen molar-refractivity contribution in [3.63, 3.8) is 0 Å². The van der Waals surface area contributed by atoms with Gasteiger partial charge in [0.05, 0.1) is 12.5 Å². The zero-order valence-electron chi connectivity index (χ0n) is 8.16. The highest BCUT2D eigenvalue weighted by Crippen LogP contribution is 2.36. The van der Waals surface area contributed by atoms with Crippen LogP contribution < -0.4 is 0 Å². The highest BCUT2D eigenvalue weighted by atomic mass is 32.2. The second-order valence-electron chi connectivity index (χ2n) is 2.88. The molecule has 16 heavy (non-hydrogen) atoms. The van der Waals surface area contributed by atoms with Gasteiger partial charge in [0.25, 0.3) is 0 Å². The molecule has 0 bridgehead atoms. The first-order valence-electron chi connectivity index (χ1n) is 4.40. The molecular formula is C11H8F3NS. The Morgan fingerprint density at radius 3 is 2.38 bits per heavy atom. The lowest BCUT2D eigenvalue weighted by atomic mass is 10.2. The summed E-state index contributed by atoms with van der Waals surface area (Å²) in [5, 5.41) is 8.29. The Hall–Kier alpha value is -1.41. The third kappa shape index (κ3) is 4.89. The first kappa shape index (κ1) is 12.7. The van der Waals surface area contributed by atoms with E-state index in [2.05, 4.69) is 0 Å². The van der Waals surface area contributed by atoms with Crippen molar-refractivity contribution >= 4 is 17.8 Å². The number of hydrogen-bond acceptors (Lipinski definition) is 2. The molecule has 0 aliphatic rings. The molecule has 1 aromatic carbocycles. The molecule has 0 unspecified atom stereocenters. The molecule has 0 aromatic heterocycles. The van der Waals surface area contributed by atoms with Gasteiger partial charge in [-0.1, -0.05) is 24.3 Å². The Balaban J connectivity index is 2.65. The Kier molecular flexibility index (Phi) is 4.44. The number of hydrogen-bond donors (Lipinski definition) is 0. The van der Waals surface area contributed by atoms with Gasteiger partial charge in [-0.2, -0.15) is 18.4 Å². The summed E-state index contributed by atoms with van der Waals surface area (Å²) in [7, 11) is 0. The summed E-state index contributed by atoms with van der Waals surface area (Å²) < 4.78 is 36.0. The third-order valence-corrected chi connectivity index (χ3v) is 2.37. The number of nitrogens with zero attached hydrogens (tertiary/aromatic N) is 1. The van der Waals surface area contributed by atoms with Crippen molar-refractivity contribution < 1.29 is 13.2 Å². The average molecular weight is 243 g/mol. The van der Waals surface area contributed by atoms with Crippen LogP contribution in [0.1, 0.15) is 12.0 Å². The van der Waals surface area contributed by atoms with Gasteiger partial charge in [0.2, 0.25) is 0 Å². The average Bonchev–Trinajstić information content (AvgIpc) is 2.19. The number of allylic oxidation sites excluding steroid dienone is 1. The van der Waals surface area contributed by atoms with Gasteiger partial charge in [-0.15, -0.1) is 0 Å². The van der Waals surface area contributed by atoms with E-state index in [1.807, 2.05) is 6.07 Å². The van der Waals surface area contributed by atoms with E-state index in [9.17, 15) is 13.2 Å². The smallest absolute Gasteiger partial charge is 0.198 e. The van der Waals surface area contributed by atoms with Crippen molar-refractivity contribution in [3.05, 3.63) is 35.9 Å². The SMILES string of the molecule is N#CCC=Cc1ccc(SC(F)(F)F)cc1. The van der Waals surface area contributed by atoms with Crippen molar-refractivity contribution in [3.8, 4) is 6.07 Å². The molecule has 84 valence electrons. The fourth-order valence-corrected chi connectivity index (χ4v) is 1.57. The molecule has 1 rings (SSSR count). The largest absolute Gasteiger partial charge is 0.446 e. The molecule has 0 fully saturated rings. The van der Waals surface area contributed by atoms with Gasteiger partial charge in [0.15, 0.2) is 0 Å². The highest BCUT2D eigenvalue weighted by Gasteiger charge is 2.28. The van der Waals surface area contributed by atoms with Crippen LogP contribution >= 0.6 is 11.8 Å². The molecule has 0 aliphatic carbocycles. The summed E-state index contributed by atoms with van der Waals surface area (Å²) in [6.45, 7) is 0. The van der Waals surface area contributed by atoms with E-state index in [1.165, 1.54) is 12.1 Å². The van der Waals surface area contributed by atoms with E-state index in [-0.39, 0.29) is 16.7 Å². The topological polar surface area (TPSA) is 23.8 Å². The van der Waals surface area contributed by atoms with Crippen LogP contribution in [-0.2, 0) is 0 Å². The predicted octanol–water partition coefficient (Wildman–Crippen LogP) is 4.23. The maximum atomic E-state index is 12.0. The lowest BCUT2D eigenvalue weighted by molar-refractivity contribution is -0.0328. The molecule has 0 amide bonds. The van der Waals surface area contributed by atoms with Crippen LogP contribution in [0.5, 0.6) is 0 Å². The molecule has 0 spiro atoms. The van der Waals surface area contributed by atoms with Gasteiger partial charge in [-0.3, -0.25) is 0 Å². The molecule has 0 saturated carbocycles. The molecule has 0 radical (unpaired) electrons. The zero-order valence-corrected chi connectivity index (χ0v) is 8.98. The fraction of sp³-hybridized carbons (Fsp3) is 0.182. The summed E-state index contributed by atoms with van der Waals surface area (Å²) >= 11 is -0.139. The number of benzene rings is 1. The van der Waals surface area contributed by atoms with E-state index >= 15 is 0 Å². The minimum Gasteiger partial charge on any atom is -0.198 e. The van der Waals surface area contributed by atoms with Gasteiger partial charge in [0.1, 0.15) is 0 Å². The molecule has 0 heterocycles. The van der Waals surface area contributed by atoms with Gasteiger partial charge in [-0.05, 0) is 29.5 Å². The van der Waals surface area contributed by atoms with Crippen molar-refractivity contribution in [1.82, 2.24) is 0 Å². The monoisotopic (exact) mass is 243 g/mol. The molecule has 5 heteroatoms. The molecule has 0 aliphatic heterocycles. The molecule has 0 atom stereocenters. The maximum absolute atomic E-state index is 12.0.